The van der Waals surface area contributed by atoms with Gasteiger partial charge in [-0.25, -0.2) is 0 Å². The number of piperidine rings is 1. The number of carbonyl (C=O) groups excluding carboxylic acids is 3. The number of ether oxygens (including phenoxy) is 2. The smallest absolute Gasteiger partial charge is 0.255 e. The summed E-state index contributed by atoms with van der Waals surface area (Å²) in [7, 11) is 0. The van der Waals surface area contributed by atoms with E-state index in [-0.39, 0.29) is 24.3 Å². The zero-order chi connectivity index (χ0) is 19.4. The van der Waals surface area contributed by atoms with Crippen LogP contribution in [0.15, 0.2) is 18.2 Å². The van der Waals surface area contributed by atoms with Crippen LogP contribution in [0, 0.1) is 0 Å². The van der Waals surface area contributed by atoms with E-state index in [1.807, 2.05) is 19.9 Å². The molecule has 2 fully saturated rings. The number of imide groups is 1. The molecule has 7 heteroatoms. The molecule has 3 heterocycles. The maximum atomic E-state index is 12.8. The number of hydrogen-bond donors (Lipinski definition) is 1. The molecule has 1 atom stereocenters. The monoisotopic (exact) mass is 374 g/mol. The minimum absolute atomic E-state index is 0.0833. The molecule has 0 bridgehead atoms. The van der Waals surface area contributed by atoms with E-state index in [0.29, 0.717) is 37.5 Å². The summed E-state index contributed by atoms with van der Waals surface area (Å²) in [5, 5.41) is 2.32. The van der Waals surface area contributed by atoms with E-state index in [2.05, 4.69) is 5.32 Å². The maximum absolute atomic E-state index is 12.8. The van der Waals surface area contributed by atoms with Crippen LogP contribution in [0.25, 0.3) is 0 Å². The molecule has 3 amide bonds. The van der Waals surface area contributed by atoms with E-state index in [1.54, 1.807) is 17.0 Å². The highest BCUT2D eigenvalue weighted by Crippen LogP contribution is 2.34. The Morgan fingerprint density at radius 3 is 2.56 bits per heavy atom. The number of carbonyl (C=O) groups is 3. The lowest BCUT2D eigenvalue weighted by molar-refractivity contribution is -0.136. The van der Waals surface area contributed by atoms with Crippen molar-refractivity contribution in [1.82, 2.24) is 10.2 Å². The van der Waals surface area contributed by atoms with E-state index in [1.165, 1.54) is 0 Å². The van der Waals surface area contributed by atoms with Crippen molar-refractivity contribution in [3.05, 3.63) is 29.3 Å². The fourth-order valence-corrected chi connectivity index (χ4v) is 3.64. The molecule has 4 rings (SSSR count). The van der Waals surface area contributed by atoms with Crippen molar-refractivity contribution < 1.29 is 23.9 Å². The Morgan fingerprint density at radius 2 is 1.85 bits per heavy atom. The van der Waals surface area contributed by atoms with Crippen molar-refractivity contribution in [2.24, 2.45) is 0 Å². The zero-order valence-electron chi connectivity index (χ0n) is 15.8. The van der Waals surface area contributed by atoms with Crippen LogP contribution < -0.4 is 10.1 Å². The van der Waals surface area contributed by atoms with Crippen molar-refractivity contribution in [2.75, 3.05) is 13.2 Å². The summed E-state index contributed by atoms with van der Waals surface area (Å²) in [5.41, 5.74) is 1.40. The second-order valence-electron chi connectivity index (χ2n) is 6.61. The molecule has 0 saturated carbocycles. The van der Waals surface area contributed by atoms with Crippen molar-refractivity contribution in [1.29, 1.82) is 0 Å². The molecule has 7 nitrogen and oxygen atoms in total. The molecule has 0 aliphatic carbocycles. The lowest BCUT2D eigenvalue weighted by atomic mass is 10.0. The van der Waals surface area contributed by atoms with Crippen LogP contribution >= 0.6 is 0 Å². The van der Waals surface area contributed by atoms with Gasteiger partial charge in [-0.1, -0.05) is 19.9 Å². The first kappa shape index (κ1) is 19.4. The van der Waals surface area contributed by atoms with E-state index in [0.717, 1.165) is 18.4 Å². The second-order valence-corrected chi connectivity index (χ2v) is 6.61. The number of nitrogens with one attached hydrogen (secondary N) is 1. The number of benzene rings is 1. The summed E-state index contributed by atoms with van der Waals surface area (Å²) in [6.07, 6.45) is 2.35. The van der Waals surface area contributed by atoms with Gasteiger partial charge in [0, 0.05) is 30.4 Å². The number of fused-ring (bicyclic) bond motifs is 1. The first-order valence-electron chi connectivity index (χ1n) is 9.64. The summed E-state index contributed by atoms with van der Waals surface area (Å²) in [6.45, 7) is 5.70. The third-order valence-corrected chi connectivity index (χ3v) is 5.00. The third-order valence-electron chi connectivity index (χ3n) is 5.00. The van der Waals surface area contributed by atoms with Gasteiger partial charge in [-0.15, -0.1) is 0 Å². The zero-order valence-corrected chi connectivity index (χ0v) is 15.8. The van der Waals surface area contributed by atoms with E-state index >= 15 is 0 Å². The number of hydrogen-bond acceptors (Lipinski definition) is 5. The maximum Gasteiger partial charge on any atom is 0.255 e. The molecule has 27 heavy (non-hydrogen) atoms. The van der Waals surface area contributed by atoms with Crippen LogP contribution in [-0.4, -0.2) is 48.0 Å². The standard InChI is InChI=1S/C18H20N2O5.C2H6/c21-16-5-4-14(17(22)19-16)20-10-13-12(18(20)23)2-1-3-15(13)25-11-6-8-24-9-7-11;1-2/h1-3,11,14H,4-10H2,(H,19,21,22);1-2H3. The molecule has 0 radical (unpaired) electrons. The van der Waals surface area contributed by atoms with E-state index in [4.69, 9.17) is 9.47 Å². The number of amides is 3. The highest BCUT2D eigenvalue weighted by atomic mass is 16.5. The topological polar surface area (TPSA) is 84.9 Å². The van der Waals surface area contributed by atoms with Gasteiger partial charge >= 0.3 is 0 Å². The van der Waals surface area contributed by atoms with Crippen LogP contribution in [0.1, 0.15) is 55.5 Å². The largest absolute Gasteiger partial charge is 0.490 e. The average molecular weight is 374 g/mol. The molecule has 1 unspecified atom stereocenters. The molecule has 3 aliphatic rings. The van der Waals surface area contributed by atoms with Crippen molar-refractivity contribution in [3.8, 4) is 5.75 Å². The van der Waals surface area contributed by atoms with Crippen molar-refractivity contribution >= 4 is 17.7 Å². The van der Waals surface area contributed by atoms with Crippen LogP contribution in [0.2, 0.25) is 0 Å². The first-order chi connectivity index (χ1) is 13.1. The molecule has 1 N–H and O–H groups in total. The molecule has 2 saturated heterocycles. The fourth-order valence-electron chi connectivity index (χ4n) is 3.64. The van der Waals surface area contributed by atoms with Gasteiger partial charge in [-0.2, -0.15) is 0 Å². The van der Waals surface area contributed by atoms with Crippen LogP contribution in [0.3, 0.4) is 0 Å². The summed E-state index contributed by atoms with van der Waals surface area (Å²) in [6, 6.07) is 4.84. The minimum Gasteiger partial charge on any atom is -0.490 e. The van der Waals surface area contributed by atoms with Crippen LogP contribution in [-0.2, 0) is 20.9 Å². The van der Waals surface area contributed by atoms with Crippen LogP contribution in [0.5, 0.6) is 5.75 Å². The number of nitrogens with zero attached hydrogens (tertiary/aromatic N) is 1. The lowest BCUT2D eigenvalue weighted by Gasteiger charge is -2.29. The molecule has 1 aromatic carbocycles. The Labute approximate surface area is 159 Å². The van der Waals surface area contributed by atoms with E-state index in [9.17, 15) is 14.4 Å². The van der Waals surface area contributed by atoms with Gasteiger partial charge in [0.15, 0.2) is 0 Å². The first-order valence-corrected chi connectivity index (χ1v) is 9.64. The molecule has 0 aromatic heterocycles. The van der Waals surface area contributed by atoms with E-state index < -0.39 is 11.9 Å². The van der Waals surface area contributed by atoms with Gasteiger partial charge < -0.3 is 14.4 Å². The minimum atomic E-state index is -0.603. The van der Waals surface area contributed by atoms with Crippen molar-refractivity contribution in [2.45, 2.75) is 58.2 Å². The van der Waals surface area contributed by atoms with Gasteiger partial charge in [0.2, 0.25) is 11.8 Å². The normalized spacial score (nSPS) is 22.7. The Hall–Kier alpha value is -2.41. The summed E-state index contributed by atoms with van der Waals surface area (Å²) in [4.78, 5) is 37.8. The molecule has 3 aliphatic heterocycles. The molecular weight excluding hydrogens is 348 g/mol. The Morgan fingerprint density at radius 1 is 1.11 bits per heavy atom. The fraction of sp³-hybridized carbons (Fsp3) is 0.550. The average Bonchev–Trinajstić information content (AvgIpc) is 3.02. The van der Waals surface area contributed by atoms with Crippen LogP contribution in [0.4, 0.5) is 0 Å². The van der Waals surface area contributed by atoms with Gasteiger partial charge in [0.1, 0.15) is 17.9 Å². The molecular formula is C20H26N2O5. The Kier molecular flexibility index (Phi) is 6.11. The summed E-state index contributed by atoms with van der Waals surface area (Å²) >= 11 is 0. The van der Waals surface area contributed by atoms with Gasteiger partial charge in [0.25, 0.3) is 5.91 Å². The van der Waals surface area contributed by atoms with Gasteiger partial charge in [-0.05, 0) is 18.6 Å². The predicted molar refractivity (Wildman–Crippen MR) is 98.3 cm³/mol. The highest BCUT2D eigenvalue weighted by Gasteiger charge is 2.40. The van der Waals surface area contributed by atoms with Gasteiger partial charge in [-0.3, -0.25) is 19.7 Å². The molecule has 146 valence electrons. The van der Waals surface area contributed by atoms with Crippen molar-refractivity contribution in [3.63, 3.8) is 0 Å². The summed E-state index contributed by atoms with van der Waals surface area (Å²) in [5.74, 6) is -0.160. The molecule has 0 spiro atoms. The third kappa shape index (κ3) is 3.98. The SMILES string of the molecule is CC.O=C1CCC(N2Cc3c(OC4CCOCC4)cccc3C2=O)C(=O)N1. The second kappa shape index (κ2) is 8.52. The molecule has 1 aromatic rings. The summed E-state index contributed by atoms with van der Waals surface area (Å²) < 4.78 is 11.5. The Balaban J connectivity index is 0.00000102. The quantitative estimate of drug-likeness (QED) is 0.819. The number of rotatable bonds is 3. The van der Waals surface area contributed by atoms with Gasteiger partial charge in [0.05, 0.1) is 19.8 Å². The predicted octanol–water partition coefficient (Wildman–Crippen LogP) is 2.03. The highest BCUT2D eigenvalue weighted by molar-refractivity contribution is 6.05. The lowest BCUT2D eigenvalue weighted by Crippen LogP contribution is -2.52. The Bertz CT molecular complexity index is 727.